The van der Waals surface area contributed by atoms with Crippen LogP contribution < -0.4 is 5.73 Å². The van der Waals surface area contributed by atoms with Crippen LogP contribution >= 0.6 is 0 Å². The predicted molar refractivity (Wildman–Crippen MR) is 89.9 cm³/mol. The van der Waals surface area contributed by atoms with Gasteiger partial charge >= 0.3 is 0 Å². The summed E-state index contributed by atoms with van der Waals surface area (Å²) in [6.07, 6.45) is 1.51. The second-order valence-electron chi connectivity index (χ2n) is 6.37. The molecule has 3 N–H and O–H groups in total. The van der Waals surface area contributed by atoms with Gasteiger partial charge in [0.05, 0.1) is 0 Å². The summed E-state index contributed by atoms with van der Waals surface area (Å²) in [6.45, 7) is 0.892. The maximum atomic E-state index is 13.9. The van der Waals surface area contributed by atoms with Gasteiger partial charge in [0.15, 0.2) is 0 Å². The number of amides is 1. The van der Waals surface area contributed by atoms with E-state index in [1.807, 2.05) is 0 Å². The Morgan fingerprint density at radius 2 is 2.00 bits per heavy atom. The molecule has 2 aromatic carbocycles. The highest BCUT2D eigenvalue weighted by molar-refractivity contribution is 5.83. The summed E-state index contributed by atoms with van der Waals surface area (Å²) >= 11 is 0. The Labute approximate surface area is 144 Å². The molecule has 1 heterocycles. The molecule has 6 heteroatoms. The van der Waals surface area contributed by atoms with Crippen LogP contribution in [-0.4, -0.2) is 29.0 Å². The summed E-state index contributed by atoms with van der Waals surface area (Å²) in [7, 11) is 0. The van der Waals surface area contributed by atoms with Crippen molar-refractivity contribution in [3.63, 3.8) is 0 Å². The van der Waals surface area contributed by atoms with E-state index in [1.54, 1.807) is 17.0 Å². The van der Waals surface area contributed by atoms with Crippen LogP contribution in [0.1, 0.15) is 35.9 Å². The smallest absolute Gasteiger partial charge is 0.244 e. The number of hydrogen-bond acceptors (Lipinski definition) is 3. The molecule has 1 fully saturated rings. The molecule has 0 aromatic heterocycles. The summed E-state index contributed by atoms with van der Waals surface area (Å²) in [5, 5.41) is 9.58. The summed E-state index contributed by atoms with van der Waals surface area (Å²) < 4.78 is 27.4. The molecule has 25 heavy (non-hydrogen) atoms. The van der Waals surface area contributed by atoms with Gasteiger partial charge in [-0.05, 0) is 36.6 Å². The van der Waals surface area contributed by atoms with E-state index in [0.29, 0.717) is 18.7 Å². The summed E-state index contributed by atoms with van der Waals surface area (Å²) in [5.41, 5.74) is 6.78. The number of benzene rings is 2. The molecule has 1 aliphatic rings. The van der Waals surface area contributed by atoms with E-state index in [1.165, 1.54) is 24.3 Å². The molecule has 1 saturated heterocycles. The first-order valence-corrected chi connectivity index (χ1v) is 8.24. The molecule has 3 rings (SSSR count). The van der Waals surface area contributed by atoms with Crippen molar-refractivity contribution in [1.29, 1.82) is 0 Å². The Morgan fingerprint density at radius 3 is 2.72 bits per heavy atom. The van der Waals surface area contributed by atoms with Crippen molar-refractivity contribution in [2.75, 3.05) is 13.1 Å². The van der Waals surface area contributed by atoms with E-state index >= 15 is 0 Å². The molecule has 2 unspecified atom stereocenters. The quantitative estimate of drug-likeness (QED) is 0.898. The number of aromatic hydroxyl groups is 1. The number of nitrogens with zero attached hydrogens (tertiary/aromatic N) is 1. The highest BCUT2D eigenvalue weighted by Gasteiger charge is 2.30. The Bertz CT molecular complexity index is 762. The van der Waals surface area contributed by atoms with Crippen molar-refractivity contribution in [1.82, 2.24) is 4.90 Å². The Balaban J connectivity index is 1.76. The highest BCUT2D eigenvalue weighted by atomic mass is 19.1. The fraction of sp³-hybridized carbons (Fsp3) is 0.316. The van der Waals surface area contributed by atoms with Crippen LogP contribution in [0.4, 0.5) is 8.78 Å². The molecule has 132 valence electrons. The van der Waals surface area contributed by atoms with E-state index in [9.17, 15) is 18.7 Å². The fourth-order valence-electron chi connectivity index (χ4n) is 3.34. The molecule has 0 bridgehead atoms. The van der Waals surface area contributed by atoms with Crippen molar-refractivity contribution >= 4 is 5.91 Å². The van der Waals surface area contributed by atoms with E-state index in [4.69, 9.17) is 5.73 Å². The van der Waals surface area contributed by atoms with E-state index < -0.39 is 17.7 Å². The maximum absolute atomic E-state index is 13.9. The third kappa shape index (κ3) is 3.79. The Hall–Kier alpha value is -2.47. The first-order valence-electron chi connectivity index (χ1n) is 8.24. The van der Waals surface area contributed by atoms with Crippen LogP contribution in [0.15, 0.2) is 42.5 Å². The number of rotatable bonds is 3. The summed E-state index contributed by atoms with van der Waals surface area (Å²) in [5.74, 6) is -1.60. The number of halogens is 2. The molecule has 1 amide bonds. The lowest BCUT2D eigenvalue weighted by molar-refractivity contribution is -0.134. The van der Waals surface area contributed by atoms with Crippen molar-refractivity contribution in [2.24, 2.45) is 5.73 Å². The van der Waals surface area contributed by atoms with Gasteiger partial charge in [-0.25, -0.2) is 8.78 Å². The van der Waals surface area contributed by atoms with Crippen molar-refractivity contribution in [2.45, 2.75) is 24.8 Å². The third-order valence-electron chi connectivity index (χ3n) is 4.62. The Kier molecular flexibility index (Phi) is 4.99. The molecule has 4 nitrogen and oxygen atoms in total. The van der Waals surface area contributed by atoms with Gasteiger partial charge in [-0.2, -0.15) is 0 Å². The van der Waals surface area contributed by atoms with Gasteiger partial charge in [-0.1, -0.05) is 18.2 Å². The van der Waals surface area contributed by atoms with Crippen LogP contribution in [-0.2, 0) is 4.79 Å². The average Bonchev–Trinajstić information content (AvgIpc) is 2.60. The number of likely N-dealkylation sites (tertiary alicyclic amines) is 1. The van der Waals surface area contributed by atoms with Crippen molar-refractivity contribution in [3.05, 3.63) is 65.2 Å². The van der Waals surface area contributed by atoms with E-state index in [-0.39, 0.29) is 23.1 Å². The number of hydrogen-bond donors (Lipinski definition) is 2. The normalized spacial score (nSPS) is 18.8. The third-order valence-corrected chi connectivity index (χ3v) is 4.62. The van der Waals surface area contributed by atoms with Gasteiger partial charge in [0, 0.05) is 30.6 Å². The minimum atomic E-state index is -1.07. The van der Waals surface area contributed by atoms with Gasteiger partial charge in [-0.3, -0.25) is 4.79 Å². The maximum Gasteiger partial charge on any atom is 0.244 e. The number of phenolic OH excluding ortho intramolecular Hbond substituents is 1. The van der Waals surface area contributed by atoms with Gasteiger partial charge < -0.3 is 15.7 Å². The summed E-state index contributed by atoms with van der Waals surface area (Å²) in [4.78, 5) is 14.3. The van der Waals surface area contributed by atoms with Crippen LogP contribution in [0, 0.1) is 11.6 Å². The van der Waals surface area contributed by atoms with E-state index in [2.05, 4.69) is 0 Å². The largest absolute Gasteiger partial charge is 0.508 e. The zero-order valence-corrected chi connectivity index (χ0v) is 13.7. The SMILES string of the molecule is NC(C(=O)N1CCCC(c2cc(O)cc(F)c2)C1)c1ccccc1F. The number of piperidine rings is 1. The number of nitrogens with two attached hydrogens (primary N) is 1. The van der Waals surface area contributed by atoms with Gasteiger partial charge in [0.25, 0.3) is 0 Å². The van der Waals surface area contributed by atoms with Crippen LogP contribution in [0.25, 0.3) is 0 Å². The number of carbonyl (C=O) groups excluding carboxylic acids is 1. The van der Waals surface area contributed by atoms with Gasteiger partial charge in [0.1, 0.15) is 23.4 Å². The fourth-order valence-corrected chi connectivity index (χ4v) is 3.34. The highest BCUT2D eigenvalue weighted by Crippen LogP contribution is 2.31. The number of carbonyl (C=O) groups is 1. The number of phenols is 1. The molecule has 0 radical (unpaired) electrons. The Morgan fingerprint density at radius 1 is 1.24 bits per heavy atom. The predicted octanol–water partition coefficient (Wildman–Crippen LogP) is 3.08. The topological polar surface area (TPSA) is 66.6 Å². The minimum Gasteiger partial charge on any atom is -0.508 e. The standard InChI is InChI=1S/C19H20F2N2O2/c20-14-8-13(9-15(24)10-14)12-4-3-7-23(11-12)19(25)18(22)16-5-1-2-6-17(16)21/h1-2,5-6,8-10,12,18,24H,3-4,7,11,22H2. The van der Waals surface area contributed by atoms with E-state index in [0.717, 1.165) is 18.9 Å². The molecule has 1 aliphatic heterocycles. The zero-order chi connectivity index (χ0) is 18.0. The average molecular weight is 346 g/mol. The van der Waals surface area contributed by atoms with Gasteiger partial charge in [-0.15, -0.1) is 0 Å². The van der Waals surface area contributed by atoms with Crippen LogP contribution in [0.3, 0.4) is 0 Å². The monoisotopic (exact) mass is 346 g/mol. The molecule has 0 aliphatic carbocycles. The second-order valence-corrected chi connectivity index (χ2v) is 6.37. The first kappa shape index (κ1) is 17.4. The van der Waals surface area contributed by atoms with Crippen molar-refractivity contribution < 1.29 is 18.7 Å². The lowest BCUT2D eigenvalue weighted by Gasteiger charge is -2.34. The second kappa shape index (κ2) is 7.19. The molecular formula is C19H20F2N2O2. The van der Waals surface area contributed by atoms with Gasteiger partial charge in [0.2, 0.25) is 5.91 Å². The molecule has 2 aromatic rings. The molecular weight excluding hydrogens is 326 g/mol. The zero-order valence-electron chi connectivity index (χ0n) is 13.7. The minimum absolute atomic E-state index is 0.0906. The molecule has 0 saturated carbocycles. The van der Waals surface area contributed by atoms with Crippen LogP contribution in [0.5, 0.6) is 5.75 Å². The first-order chi connectivity index (χ1) is 12.0. The summed E-state index contributed by atoms with van der Waals surface area (Å²) in [6, 6.07) is 8.82. The molecule has 0 spiro atoms. The lowest BCUT2D eigenvalue weighted by Crippen LogP contribution is -2.44. The van der Waals surface area contributed by atoms with Crippen molar-refractivity contribution in [3.8, 4) is 5.75 Å². The van der Waals surface area contributed by atoms with Crippen LogP contribution in [0.2, 0.25) is 0 Å². The lowest BCUT2D eigenvalue weighted by atomic mass is 9.90. The molecule has 2 atom stereocenters.